The lowest BCUT2D eigenvalue weighted by Crippen LogP contribution is -2.61. The van der Waals surface area contributed by atoms with Gasteiger partial charge in [0.2, 0.25) is 0 Å². The summed E-state index contributed by atoms with van der Waals surface area (Å²) in [6.45, 7) is 5.89. The van der Waals surface area contributed by atoms with Gasteiger partial charge in [0, 0.05) is 19.3 Å². The van der Waals surface area contributed by atoms with Crippen molar-refractivity contribution >= 4 is 23.9 Å². The first kappa shape index (κ1) is 71.7. The van der Waals surface area contributed by atoms with Crippen molar-refractivity contribution in [3.05, 3.63) is 48.6 Å². The fourth-order valence-electron chi connectivity index (χ4n) is 9.60. The number of hydrogen-bond donors (Lipinski definition) is 3. The van der Waals surface area contributed by atoms with Crippen molar-refractivity contribution in [2.75, 3.05) is 13.2 Å². The summed E-state index contributed by atoms with van der Waals surface area (Å²) < 4.78 is 28.5. The molecule has 446 valence electrons. The third-order valence-electron chi connectivity index (χ3n) is 14.4. The second-order valence-corrected chi connectivity index (χ2v) is 21.7. The summed E-state index contributed by atoms with van der Waals surface area (Å²) >= 11 is 0. The SMILES string of the molecule is CC/C=C\C/C=C\C/C=C\C/C=C\CCCCCCC(=O)OCC(COC1OC(C(=O)O)C(O)C(O)C1OC(=O)CCCCCCCCCCCCCCCCCCCCC)OC(=O)CCCCCCCCCCCCC. The number of ether oxygens (including phenoxy) is 5. The molecule has 77 heavy (non-hydrogen) atoms. The maximum absolute atomic E-state index is 13.1. The molecule has 0 bridgehead atoms. The maximum atomic E-state index is 13.1. The van der Waals surface area contributed by atoms with Crippen molar-refractivity contribution in [1.29, 1.82) is 0 Å². The monoisotopic (exact) mass is 1090 g/mol. The first-order valence-electron chi connectivity index (χ1n) is 31.6. The molecule has 0 spiro atoms. The Labute approximate surface area is 469 Å². The Bertz CT molecular complexity index is 1520. The van der Waals surface area contributed by atoms with Crippen molar-refractivity contribution in [3.63, 3.8) is 0 Å². The molecular weight excluding hydrogens is 973 g/mol. The van der Waals surface area contributed by atoms with E-state index in [1.165, 1.54) is 141 Å². The molecule has 1 rings (SSSR count). The molecule has 0 aliphatic carbocycles. The van der Waals surface area contributed by atoms with Gasteiger partial charge in [0.1, 0.15) is 18.8 Å². The van der Waals surface area contributed by atoms with Crippen molar-refractivity contribution in [2.45, 2.75) is 327 Å². The molecule has 1 heterocycles. The first-order chi connectivity index (χ1) is 37.6. The Kier molecular flexibility index (Phi) is 49.7. The molecule has 0 aromatic heterocycles. The fourth-order valence-corrected chi connectivity index (χ4v) is 9.60. The van der Waals surface area contributed by atoms with Crippen LogP contribution < -0.4 is 0 Å². The number of rotatable bonds is 54. The number of esters is 3. The van der Waals surface area contributed by atoms with Crippen LogP contribution in [0, 0.1) is 0 Å². The van der Waals surface area contributed by atoms with Gasteiger partial charge in [-0.2, -0.15) is 0 Å². The van der Waals surface area contributed by atoms with Crippen LogP contribution in [-0.4, -0.2) is 89.2 Å². The molecule has 0 aromatic rings. The third kappa shape index (κ3) is 43.2. The highest BCUT2D eigenvalue weighted by Gasteiger charge is 2.50. The van der Waals surface area contributed by atoms with Crippen LogP contribution in [0.25, 0.3) is 0 Å². The third-order valence-corrected chi connectivity index (χ3v) is 14.4. The van der Waals surface area contributed by atoms with Gasteiger partial charge in [-0.15, -0.1) is 0 Å². The fraction of sp³-hybridized carbons (Fsp3) is 0.815. The zero-order chi connectivity index (χ0) is 56.1. The smallest absolute Gasteiger partial charge is 0.335 e. The van der Waals surface area contributed by atoms with E-state index in [0.29, 0.717) is 19.3 Å². The molecule has 6 unspecified atom stereocenters. The lowest BCUT2D eigenvalue weighted by molar-refractivity contribution is -0.301. The number of aliphatic carboxylic acids is 1. The lowest BCUT2D eigenvalue weighted by Gasteiger charge is -2.40. The normalized spacial score (nSPS) is 18.3. The molecule has 0 amide bonds. The number of carbonyl (C=O) groups excluding carboxylic acids is 3. The van der Waals surface area contributed by atoms with Crippen LogP contribution >= 0.6 is 0 Å². The van der Waals surface area contributed by atoms with Gasteiger partial charge in [0.25, 0.3) is 0 Å². The Hall–Kier alpha value is -3.32. The summed E-state index contributed by atoms with van der Waals surface area (Å²) in [5, 5.41) is 31.5. The molecule has 12 nitrogen and oxygen atoms in total. The minimum absolute atomic E-state index is 0.0633. The van der Waals surface area contributed by atoms with Gasteiger partial charge in [-0.3, -0.25) is 14.4 Å². The van der Waals surface area contributed by atoms with Crippen LogP contribution in [-0.2, 0) is 42.9 Å². The van der Waals surface area contributed by atoms with E-state index in [9.17, 15) is 34.5 Å². The predicted octanol–water partition coefficient (Wildman–Crippen LogP) is 16.6. The van der Waals surface area contributed by atoms with Crippen LogP contribution in [0.4, 0.5) is 0 Å². The van der Waals surface area contributed by atoms with Crippen molar-refractivity contribution in [1.82, 2.24) is 0 Å². The van der Waals surface area contributed by atoms with E-state index in [1.807, 2.05) is 0 Å². The Morgan fingerprint density at radius 2 is 0.818 bits per heavy atom. The minimum Gasteiger partial charge on any atom is -0.479 e. The standard InChI is InChI=1S/C65H114O12/c1-4-7-10-13-16-19-22-24-26-28-29-31-33-35-38-41-44-47-50-53-59(68)76-63-61(70)60(69)62(64(71)72)77-65(63)74-55-56(75-58(67)52-49-46-43-40-36-21-18-15-12-9-6-3)54-73-57(66)51-48-45-42-39-37-34-32-30-27-25-23-20-17-14-11-8-5-2/h8,11,17,20,25,27,32,34,56,60-63,65,69-70H,4-7,9-10,12-16,18-19,21-24,26,28-31,33,35-55H2,1-3H3,(H,71,72)/b11-8-,20-17-,27-25-,34-32-. The van der Waals surface area contributed by atoms with E-state index in [1.54, 1.807) is 0 Å². The van der Waals surface area contributed by atoms with Crippen LogP contribution in [0.15, 0.2) is 48.6 Å². The average molecular weight is 1090 g/mol. The van der Waals surface area contributed by atoms with Crippen LogP contribution in [0.3, 0.4) is 0 Å². The molecule has 0 aromatic carbocycles. The summed E-state index contributed by atoms with van der Waals surface area (Å²) in [4.78, 5) is 51.2. The summed E-state index contributed by atoms with van der Waals surface area (Å²) in [7, 11) is 0. The Balaban J connectivity index is 2.63. The molecule has 1 aliphatic rings. The molecule has 0 radical (unpaired) electrons. The molecule has 12 heteroatoms. The van der Waals surface area contributed by atoms with Gasteiger partial charge < -0.3 is 39.0 Å². The van der Waals surface area contributed by atoms with Crippen LogP contribution in [0.5, 0.6) is 0 Å². The number of unbranched alkanes of at least 4 members (excludes halogenated alkanes) is 32. The van der Waals surface area contributed by atoms with Crippen molar-refractivity contribution < 1.29 is 58.2 Å². The summed E-state index contributed by atoms with van der Waals surface area (Å²) in [5.74, 6) is -3.12. The zero-order valence-corrected chi connectivity index (χ0v) is 49.2. The van der Waals surface area contributed by atoms with E-state index < -0.39 is 67.3 Å². The second-order valence-electron chi connectivity index (χ2n) is 21.7. The topological polar surface area (TPSA) is 175 Å². The van der Waals surface area contributed by atoms with Gasteiger partial charge in [-0.05, 0) is 57.8 Å². The van der Waals surface area contributed by atoms with Gasteiger partial charge in [-0.1, -0.05) is 262 Å². The highest BCUT2D eigenvalue weighted by molar-refractivity contribution is 5.74. The molecule has 6 atom stereocenters. The number of hydrogen-bond acceptors (Lipinski definition) is 11. The predicted molar refractivity (Wildman–Crippen MR) is 312 cm³/mol. The summed E-state index contributed by atoms with van der Waals surface area (Å²) in [6, 6.07) is 0. The highest BCUT2D eigenvalue weighted by Crippen LogP contribution is 2.27. The number of carboxylic acids is 1. The number of aliphatic hydroxyl groups is 2. The average Bonchev–Trinajstić information content (AvgIpc) is 3.41. The maximum Gasteiger partial charge on any atom is 0.335 e. The molecular formula is C65H114O12. The molecule has 1 aliphatic heterocycles. The van der Waals surface area contributed by atoms with Gasteiger partial charge >= 0.3 is 23.9 Å². The molecule has 1 saturated heterocycles. The van der Waals surface area contributed by atoms with E-state index >= 15 is 0 Å². The number of carbonyl (C=O) groups is 4. The molecule has 3 N–H and O–H groups in total. The van der Waals surface area contributed by atoms with Gasteiger partial charge in [0.05, 0.1) is 6.61 Å². The Morgan fingerprint density at radius 1 is 0.442 bits per heavy atom. The van der Waals surface area contributed by atoms with E-state index in [-0.39, 0.29) is 25.9 Å². The van der Waals surface area contributed by atoms with Crippen LogP contribution in [0.2, 0.25) is 0 Å². The zero-order valence-electron chi connectivity index (χ0n) is 49.2. The van der Waals surface area contributed by atoms with E-state index in [4.69, 9.17) is 23.7 Å². The first-order valence-corrected chi connectivity index (χ1v) is 31.6. The van der Waals surface area contributed by atoms with Crippen molar-refractivity contribution in [3.8, 4) is 0 Å². The number of aliphatic hydroxyl groups excluding tert-OH is 2. The van der Waals surface area contributed by atoms with Crippen molar-refractivity contribution in [2.24, 2.45) is 0 Å². The Morgan fingerprint density at radius 3 is 1.25 bits per heavy atom. The van der Waals surface area contributed by atoms with Crippen LogP contribution in [0.1, 0.15) is 290 Å². The van der Waals surface area contributed by atoms with E-state index in [2.05, 4.69) is 69.4 Å². The molecule has 1 fully saturated rings. The van der Waals surface area contributed by atoms with E-state index in [0.717, 1.165) is 89.9 Å². The summed E-state index contributed by atoms with van der Waals surface area (Å²) in [5.41, 5.74) is 0. The highest BCUT2D eigenvalue weighted by atomic mass is 16.7. The lowest BCUT2D eigenvalue weighted by atomic mass is 9.98. The minimum atomic E-state index is -1.90. The second kappa shape index (κ2) is 53.3. The summed E-state index contributed by atoms with van der Waals surface area (Å²) in [6.07, 6.45) is 52.2. The number of carboxylic acid groups (broad SMARTS) is 1. The van der Waals surface area contributed by atoms with Gasteiger partial charge in [0.15, 0.2) is 24.6 Å². The van der Waals surface area contributed by atoms with Gasteiger partial charge in [-0.25, -0.2) is 4.79 Å². The number of allylic oxidation sites excluding steroid dienone is 8. The largest absolute Gasteiger partial charge is 0.479 e. The quantitative estimate of drug-likeness (QED) is 0.0228. The molecule has 0 saturated carbocycles.